The summed E-state index contributed by atoms with van der Waals surface area (Å²) in [7, 11) is 0. The minimum atomic E-state index is -0.799. The third-order valence-electron chi connectivity index (χ3n) is 10.9. The number of esters is 3. The maximum Gasteiger partial charge on any atom is 0.306 e. The molecule has 0 N–H and O–H groups in total. The van der Waals surface area contributed by atoms with Gasteiger partial charge in [0.05, 0.1) is 0 Å². The smallest absolute Gasteiger partial charge is 0.306 e. The Morgan fingerprint density at radius 1 is 0.344 bits per heavy atom. The average Bonchev–Trinajstić information content (AvgIpc) is 3.29. The molecule has 1 atom stereocenters. The molecule has 0 saturated heterocycles. The molecule has 0 aromatic carbocycles. The van der Waals surface area contributed by atoms with Crippen molar-refractivity contribution in [3.05, 3.63) is 97.2 Å². The van der Waals surface area contributed by atoms with E-state index < -0.39 is 6.10 Å². The second kappa shape index (κ2) is 52.0. The van der Waals surface area contributed by atoms with E-state index in [2.05, 4.69) is 93.7 Å². The van der Waals surface area contributed by atoms with Gasteiger partial charge in [-0.1, -0.05) is 221 Å². The number of carbonyl (C=O) groups is 3. The van der Waals surface area contributed by atoms with Gasteiger partial charge in [-0.2, -0.15) is 0 Å². The van der Waals surface area contributed by atoms with E-state index >= 15 is 0 Å². The quantitative estimate of drug-likeness (QED) is 0.0199. The molecule has 64 heavy (non-hydrogen) atoms. The van der Waals surface area contributed by atoms with E-state index in [1.54, 1.807) is 0 Å². The van der Waals surface area contributed by atoms with Gasteiger partial charge in [-0.3, -0.25) is 14.4 Å². The number of unbranched alkanes of at least 4 members (excludes halogenated alkanes) is 23. The Morgan fingerprint density at radius 2 is 0.703 bits per heavy atom. The third-order valence-corrected chi connectivity index (χ3v) is 10.9. The highest BCUT2D eigenvalue weighted by atomic mass is 16.6. The topological polar surface area (TPSA) is 78.9 Å². The van der Waals surface area contributed by atoms with E-state index in [1.165, 1.54) is 64.2 Å². The van der Waals surface area contributed by atoms with Crippen LogP contribution >= 0.6 is 0 Å². The van der Waals surface area contributed by atoms with Crippen molar-refractivity contribution in [1.82, 2.24) is 0 Å². The standard InChI is InChI=1S/C58H96O6/c1-4-7-10-13-16-19-22-25-27-29-30-32-33-36-39-42-45-48-51-57(60)63-54-55(53-62-56(59)50-47-44-41-38-35-24-21-18-15-12-9-6-3)64-58(61)52-49-46-43-40-37-34-31-28-26-23-20-17-14-11-8-5-2/h9-10,12-13,16,18-19,21-22,25,27-32,55H,4-8,11,14-15,17,20,23-24,26,33-54H2,1-3H3/b12-9-,13-10-,19-16-,21-18-,25-22-,29-27-,31-28-,32-30-. The molecule has 364 valence electrons. The second-order valence-corrected chi connectivity index (χ2v) is 17.2. The van der Waals surface area contributed by atoms with Gasteiger partial charge in [0.15, 0.2) is 6.10 Å². The average molecular weight is 889 g/mol. The van der Waals surface area contributed by atoms with Crippen molar-refractivity contribution in [1.29, 1.82) is 0 Å². The molecule has 0 radical (unpaired) electrons. The van der Waals surface area contributed by atoms with Gasteiger partial charge in [0.25, 0.3) is 0 Å². The highest BCUT2D eigenvalue weighted by Crippen LogP contribution is 2.14. The van der Waals surface area contributed by atoms with Gasteiger partial charge in [0.2, 0.25) is 0 Å². The highest BCUT2D eigenvalue weighted by molar-refractivity contribution is 5.71. The summed E-state index contributed by atoms with van der Waals surface area (Å²) in [5.74, 6) is -0.947. The first-order chi connectivity index (χ1) is 31.5. The Bertz CT molecular complexity index is 1300. The summed E-state index contributed by atoms with van der Waals surface area (Å²) < 4.78 is 16.8. The predicted molar refractivity (Wildman–Crippen MR) is 274 cm³/mol. The maximum atomic E-state index is 12.8. The second-order valence-electron chi connectivity index (χ2n) is 17.2. The van der Waals surface area contributed by atoms with E-state index in [-0.39, 0.29) is 31.1 Å². The van der Waals surface area contributed by atoms with Crippen LogP contribution in [0.15, 0.2) is 97.2 Å². The fraction of sp³-hybridized carbons (Fsp3) is 0.672. The van der Waals surface area contributed by atoms with Crippen molar-refractivity contribution in [2.45, 2.75) is 239 Å². The third kappa shape index (κ3) is 49.3. The number of ether oxygens (including phenoxy) is 3. The summed E-state index contributed by atoms with van der Waals surface area (Å²) >= 11 is 0. The molecule has 6 nitrogen and oxygen atoms in total. The zero-order valence-electron chi connectivity index (χ0n) is 41.5. The molecular formula is C58H96O6. The molecule has 0 aliphatic carbocycles. The lowest BCUT2D eigenvalue weighted by atomic mass is 10.1. The monoisotopic (exact) mass is 889 g/mol. The normalized spacial score (nSPS) is 12.9. The lowest BCUT2D eigenvalue weighted by Crippen LogP contribution is -2.30. The lowest BCUT2D eigenvalue weighted by molar-refractivity contribution is -0.167. The summed E-state index contributed by atoms with van der Waals surface area (Å²) in [6.45, 7) is 6.39. The van der Waals surface area contributed by atoms with Crippen molar-refractivity contribution in [3.63, 3.8) is 0 Å². The molecule has 6 heteroatoms. The van der Waals surface area contributed by atoms with E-state index in [4.69, 9.17) is 14.2 Å². The Labute approximate surface area is 394 Å². The van der Waals surface area contributed by atoms with Crippen LogP contribution in [-0.4, -0.2) is 37.2 Å². The lowest BCUT2D eigenvalue weighted by Gasteiger charge is -2.18. The number of hydrogen-bond donors (Lipinski definition) is 0. The fourth-order valence-corrected chi connectivity index (χ4v) is 6.97. The Morgan fingerprint density at radius 3 is 1.16 bits per heavy atom. The van der Waals surface area contributed by atoms with Gasteiger partial charge in [-0.25, -0.2) is 0 Å². The first-order valence-electron chi connectivity index (χ1n) is 26.3. The predicted octanol–water partition coefficient (Wildman–Crippen LogP) is 17.4. The summed E-state index contributed by atoms with van der Waals surface area (Å²) in [4.78, 5) is 38.0. The van der Waals surface area contributed by atoms with Crippen molar-refractivity contribution >= 4 is 17.9 Å². The summed E-state index contributed by atoms with van der Waals surface area (Å²) in [6.07, 6.45) is 68.1. The Kier molecular flexibility index (Phi) is 49.0. The minimum Gasteiger partial charge on any atom is -0.462 e. The molecule has 0 spiro atoms. The van der Waals surface area contributed by atoms with Crippen molar-refractivity contribution < 1.29 is 28.6 Å². The molecule has 0 aromatic heterocycles. The number of carbonyl (C=O) groups excluding carboxylic acids is 3. The Balaban J connectivity index is 4.47. The van der Waals surface area contributed by atoms with Crippen LogP contribution in [-0.2, 0) is 28.6 Å². The van der Waals surface area contributed by atoms with E-state index in [9.17, 15) is 14.4 Å². The van der Waals surface area contributed by atoms with Gasteiger partial charge in [0.1, 0.15) is 13.2 Å². The number of rotatable bonds is 46. The zero-order chi connectivity index (χ0) is 46.5. The summed E-state index contributed by atoms with van der Waals surface area (Å²) in [6, 6.07) is 0. The molecule has 0 amide bonds. The zero-order valence-corrected chi connectivity index (χ0v) is 41.5. The molecule has 0 aliphatic rings. The summed E-state index contributed by atoms with van der Waals surface area (Å²) in [5, 5.41) is 0. The molecule has 0 rings (SSSR count). The Hall–Kier alpha value is -3.67. The molecule has 1 unspecified atom stereocenters. The molecule has 0 aliphatic heterocycles. The molecule has 0 bridgehead atoms. The van der Waals surface area contributed by atoms with Gasteiger partial charge < -0.3 is 14.2 Å². The first kappa shape index (κ1) is 60.3. The SMILES string of the molecule is CC/C=C\C/C=C\CCCCCCCC(=O)OCC(COC(=O)CCCCCCC\C=C/C=C\C=C/C=C\C=C/CCC)OC(=O)CCCCCCC/C=C\CCCCCCCCC. The first-order valence-corrected chi connectivity index (χ1v) is 26.3. The largest absolute Gasteiger partial charge is 0.462 e. The van der Waals surface area contributed by atoms with Crippen LogP contribution in [0.1, 0.15) is 233 Å². The van der Waals surface area contributed by atoms with Crippen molar-refractivity contribution in [2.24, 2.45) is 0 Å². The van der Waals surface area contributed by atoms with Crippen LogP contribution in [0, 0.1) is 0 Å². The molecule has 0 heterocycles. The van der Waals surface area contributed by atoms with Crippen LogP contribution in [0.25, 0.3) is 0 Å². The fourth-order valence-electron chi connectivity index (χ4n) is 6.97. The van der Waals surface area contributed by atoms with Crippen LogP contribution in [0.3, 0.4) is 0 Å². The van der Waals surface area contributed by atoms with Crippen LogP contribution in [0.2, 0.25) is 0 Å². The van der Waals surface area contributed by atoms with E-state index in [0.29, 0.717) is 19.3 Å². The maximum absolute atomic E-state index is 12.8. The van der Waals surface area contributed by atoms with Gasteiger partial charge in [0, 0.05) is 19.3 Å². The number of allylic oxidation sites excluding steroid dienone is 16. The molecule has 0 aromatic rings. The highest BCUT2D eigenvalue weighted by Gasteiger charge is 2.19. The van der Waals surface area contributed by atoms with E-state index in [0.717, 1.165) is 128 Å². The van der Waals surface area contributed by atoms with Crippen molar-refractivity contribution in [3.8, 4) is 0 Å². The van der Waals surface area contributed by atoms with Gasteiger partial charge in [-0.15, -0.1) is 0 Å². The molecular weight excluding hydrogens is 793 g/mol. The van der Waals surface area contributed by atoms with E-state index in [1.807, 2.05) is 24.3 Å². The van der Waals surface area contributed by atoms with Gasteiger partial charge in [-0.05, 0) is 89.9 Å². The minimum absolute atomic E-state index is 0.0978. The molecule has 0 fully saturated rings. The van der Waals surface area contributed by atoms with Crippen LogP contribution < -0.4 is 0 Å². The van der Waals surface area contributed by atoms with Crippen LogP contribution in [0.4, 0.5) is 0 Å². The number of hydrogen-bond acceptors (Lipinski definition) is 6. The molecule has 0 saturated carbocycles. The summed E-state index contributed by atoms with van der Waals surface area (Å²) in [5.41, 5.74) is 0. The van der Waals surface area contributed by atoms with Crippen molar-refractivity contribution in [2.75, 3.05) is 13.2 Å². The van der Waals surface area contributed by atoms with Gasteiger partial charge >= 0.3 is 17.9 Å². The van der Waals surface area contributed by atoms with Crippen LogP contribution in [0.5, 0.6) is 0 Å².